The van der Waals surface area contributed by atoms with Gasteiger partial charge in [0.2, 0.25) is 6.43 Å². The van der Waals surface area contributed by atoms with Gasteiger partial charge in [0.1, 0.15) is 11.5 Å². The lowest BCUT2D eigenvalue weighted by molar-refractivity contribution is -0.134. The number of hydrogen-bond acceptors (Lipinski definition) is 5. The van der Waals surface area contributed by atoms with Gasteiger partial charge in [0.05, 0.1) is 24.2 Å². The molecular weight excluding hydrogens is 538 g/mol. The van der Waals surface area contributed by atoms with Crippen molar-refractivity contribution in [3.63, 3.8) is 0 Å². The van der Waals surface area contributed by atoms with Crippen molar-refractivity contribution < 1.29 is 32.6 Å². The molecular formula is C35H42F2O5. The molecule has 0 radical (unpaired) electrons. The van der Waals surface area contributed by atoms with Crippen LogP contribution in [0.1, 0.15) is 94.0 Å². The summed E-state index contributed by atoms with van der Waals surface area (Å²) in [5, 5.41) is 0. The second-order valence-electron chi connectivity index (χ2n) is 10.7. The van der Waals surface area contributed by atoms with Gasteiger partial charge in [-0.25, -0.2) is 13.6 Å². The molecule has 0 aliphatic rings. The summed E-state index contributed by atoms with van der Waals surface area (Å²) in [5.41, 5.74) is 2.57. The van der Waals surface area contributed by atoms with Crippen LogP contribution in [0.4, 0.5) is 8.78 Å². The van der Waals surface area contributed by atoms with Crippen molar-refractivity contribution in [3.8, 4) is 22.6 Å². The van der Waals surface area contributed by atoms with Gasteiger partial charge in [0, 0.05) is 6.42 Å². The summed E-state index contributed by atoms with van der Waals surface area (Å²) in [7, 11) is 0. The van der Waals surface area contributed by atoms with Crippen LogP contribution >= 0.6 is 0 Å². The van der Waals surface area contributed by atoms with Gasteiger partial charge < -0.3 is 14.2 Å². The molecule has 3 aromatic rings. The predicted octanol–water partition coefficient (Wildman–Crippen LogP) is 9.39. The fraction of sp³-hybridized carbons (Fsp3) is 0.429. The summed E-state index contributed by atoms with van der Waals surface area (Å²) in [6.45, 7) is 5.70. The Morgan fingerprint density at radius 3 is 1.79 bits per heavy atom. The molecule has 226 valence electrons. The zero-order chi connectivity index (χ0) is 30.3. The number of carbonyl (C=O) groups excluding carboxylic acids is 2. The smallest absolute Gasteiger partial charge is 0.343 e. The average molecular weight is 581 g/mol. The van der Waals surface area contributed by atoms with Gasteiger partial charge in [-0.1, -0.05) is 81.8 Å². The first-order valence-electron chi connectivity index (χ1n) is 14.9. The van der Waals surface area contributed by atoms with Crippen LogP contribution < -0.4 is 9.47 Å². The quantitative estimate of drug-likeness (QED) is 0.0904. The van der Waals surface area contributed by atoms with Crippen LogP contribution in [0.25, 0.3) is 11.1 Å². The molecule has 0 saturated carbocycles. The van der Waals surface area contributed by atoms with Crippen LogP contribution in [0.15, 0.2) is 72.8 Å². The van der Waals surface area contributed by atoms with E-state index in [1.165, 1.54) is 49.9 Å². The number of alkyl halides is 2. The third-order valence-electron chi connectivity index (χ3n) is 6.96. The SMILES string of the molecule is CCCCCCCCCC(=O)Oc1ccc(-c2ccc(C(=O)Oc3ccc([C@@H](COC(C)C)C(F)F)cc3)cc2)cc1. The summed E-state index contributed by atoms with van der Waals surface area (Å²) in [4.78, 5) is 24.8. The number of halogens is 2. The molecule has 0 saturated heterocycles. The standard InChI is InChI=1S/C35H42F2O5/c1-4-5-6-7-8-9-10-11-33(38)41-30-20-16-27(17-21-30)26-12-14-29(15-13-26)35(39)42-31-22-18-28(19-23-31)32(34(36)37)24-40-25(2)3/h12-23,25,32,34H,4-11,24H2,1-3H3/t32-/m1/s1. The van der Waals surface area contributed by atoms with E-state index in [2.05, 4.69) is 6.92 Å². The first-order valence-corrected chi connectivity index (χ1v) is 14.9. The second-order valence-corrected chi connectivity index (χ2v) is 10.7. The largest absolute Gasteiger partial charge is 0.427 e. The fourth-order valence-corrected chi connectivity index (χ4v) is 4.48. The summed E-state index contributed by atoms with van der Waals surface area (Å²) >= 11 is 0. The highest BCUT2D eigenvalue weighted by atomic mass is 19.3. The molecule has 0 fully saturated rings. The second kappa shape index (κ2) is 17.4. The van der Waals surface area contributed by atoms with E-state index in [-0.39, 0.29) is 24.4 Å². The van der Waals surface area contributed by atoms with Gasteiger partial charge in [0.25, 0.3) is 0 Å². The van der Waals surface area contributed by atoms with Crippen LogP contribution in [0.5, 0.6) is 11.5 Å². The summed E-state index contributed by atoms with van der Waals surface area (Å²) < 4.78 is 43.3. The molecule has 7 heteroatoms. The summed E-state index contributed by atoms with van der Waals surface area (Å²) in [6.07, 6.45) is 5.74. The Balaban J connectivity index is 1.49. The van der Waals surface area contributed by atoms with Gasteiger partial charge >= 0.3 is 11.9 Å². The van der Waals surface area contributed by atoms with E-state index in [1.807, 2.05) is 24.3 Å². The van der Waals surface area contributed by atoms with Gasteiger partial charge in [0.15, 0.2) is 0 Å². The molecule has 5 nitrogen and oxygen atoms in total. The molecule has 0 spiro atoms. The zero-order valence-electron chi connectivity index (χ0n) is 24.8. The molecule has 3 aromatic carbocycles. The van der Waals surface area contributed by atoms with Crippen LogP contribution in [-0.4, -0.2) is 31.1 Å². The van der Waals surface area contributed by atoms with E-state index in [9.17, 15) is 18.4 Å². The number of ether oxygens (including phenoxy) is 3. The molecule has 1 atom stereocenters. The lowest BCUT2D eigenvalue weighted by Crippen LogP contribution is -2.18. The first-order chi connectivity index (χ1) is 20.3. The van der Waals surface area contributed by atoms with Gasteiger partial charge in [-0.05, 0) is 73.4 Å². The van der Waals surface area contributed by atoms with E-state index in [0.717, 1.165) is 30.4 Å². The van der Waals surface area contributed by atoms with Crippen molar-refractivity contribution in [2.24, 2.45) is 0 Å². The van der Waals surface area contributed by atoms with Crippen LogP contribution in [0.2, 0.25) is 0 Å². The Morgan fingerprint density at radius 1 is 0.690 bits per heavy atom. The number of benzene rings is 3. The topological polar surface area (TPSA) is 61.8 Å². The highest BCUT2D eigenvalue weighted by Gasteiger charge is 2.23. The van der Waals surface area contributed by atoms with Crippen molar-refractivity contribution in [1.29, 1.82) is 0 Å². The molecule has 0 aliphatic heterocycles. The Hall–Kier alpha value is -3.58. The molecule has 0 N–H and O–H groups in total. The minimum Gasteiger partial charge on any atom is -0.427 e. The molecule has 0 aliphatic carbocycles. The van der Waals surface area contributed by atoms with Crippen LogP contribution in [-0.2, 0) is 9.53 Å². The fourth-order valence-electron chi connectivity index (χ4n) is 4.48. The molecule has 0 aromatic heterocycles. The van der Waals surface area contributed by atoms with Gasteiger partial charge in [-0.3, -0.25) is 4.79 Å². The number of carbonyl (C=O) groups is 2. The molecule has 0 heterocycles. The van der Waals surface area contributed by atoms with E-state index in [1.54, 1.807) is 38.1 Å². The monoisotopic (exact) mass is 580 g/mol. The minimum absolute atomic E-state index is 0.0893. The van der Waals surface area contributed by atoms with Gasteiger partial charge in [-0.2, -0.15) is 0 Å². The predicted molar refractivity (Wildman–Crippen MR) is 161 cm³/mol. The van der Waals surface area contributed by atoms with Crippen molar-refractivity contribution in [2.75, 3.05) is 6.61 Å². The van der Waals surface area contributed by atoms with Crippen LogP contribution in [0.3, 0.4) is 0 Å². The van der Waals surface area contributed by atoms with E-state index in [4.69, 9.17) is 14.2 Å². The van der Waals surface area contributed by atoms with Crippen molar-refractivity contribution in [3.05, 3.63) is 83.9 Å². The molecule has 0 amide bonds. The summed E-state index contributed by atoms with van der Waals surface area (Å²) in [6, 6.07) is 20.3. The van der Waals surface area contributed by atoms with Crippen LogP contribution in [0, 0.1) is 0 Å². The Labute approximate surface area is 248 Å². The highest BCUT2D eigenvalue weighted by molar-refractivity contribution is 5.91. The maximum Gasteiger partial charge on any atom is 0.343 e. The Kier molecular flexibility index (Phi) is 13.6. The maximum atomic E-state index is 13.5. The maximum absolute atomic E-state index is 13.5. The lowest BCUT2D eigenvalue weighted by Gasteiger charge is -2.18. The number of hydrogen-bond donors (Lipinski definition) is 0. The van der Waals surface area contributed by atoms with E-state index in [0.29, 0.717) is 23.3 Å². The van der Waals surface area contributed by atoms with E-state index < -0.39 is 18.3 Å². The number of esters is 2. The first kappa shape index (κ1) is 32.9. The Bertz CT molecular complexity index is 1220. The third-order valence-corrected chi connectivity index (χ3v) is 6.96. The minimum atomic E-state index is -2.57. The van der Waals surface area contributed by atoms with Crippen molar-refractivity contribution in [2.45, 2.75) is 90.6 Å². The number of rotatable bonds is 17. The van der Waals surface area contributed by atoms with Crippen molar-refractivity contribution >= 4 is 11.9 Å². The third kappa shape index (κ3) is 11.0. The molecule has 3 rings (SSSR count). The normalized spacial score (nSPS) is 12.0. The molecule has 0 unspecified atom stereocenters. The van der Waals surface area contributed by atoms with E-state index >= 15 is 0 Å². The average Bonchev–Trinajstić information content (AvgIpc) is 2.98. The molecule has 0 bridgehead atoms. The van der Waals surface area contributed by atoms with Crippen molar-refractivity contribution in [1.82, 2.24) is 0 Å². The highest BCUT2D eigenvalue weighted by Crippen LogP contribution is 2.27. The summed E-state index contributed by atoms with van der Waals surface area (Å²) in [5.74, 6) is -1.05. The zero-order valence-corrected chi connectivity index (χ0v) is 24.8. The lowest BCUT2D eigenvalue weighted by atomic mass is 10.0. The number of unbranched alkanes of at least 4 members (excludes halogenated alkanes) is 6. The molecule has 42 heavy (non-hydrogen) atoms. The Morgan fingerprint density at radius 2 is 1.21 bits per heavy atom. The van der Waals surface area contributed by atoms with Gasteiger partial charge in [-0.15, -0.1) is 0 Å².